The lowest BCUT2D eigenvalue weighted by atomic mass is 9.94. The summed E-state index contributed by atoms with van der Waals surface area (Å²) in [5.41, 5.74) is 1.55. The number of carbonyl (C=O) groups excluding carboxylic acids is 2. The van der Waals surface area contributed by atoms with Gasteiger partial charge in [0.15, 0.2) is 0 Å². The predicted molar refractivity (Wildman–Crippen MR) is 139 cm³/mol. The van der Waals surface area contributed by atoms with Gasteiger partial charge in [0.05, 0.1) is 23.7 Å². The summed E-state index contributed by atoms with van der Waals surface area (Å²) in [6.07, 6.45) is 5.21. The van der Waals surface area contributed by atoms with E-state index in [1.54, 1.807) is 25.3 Å². The lowest BCUT2D eigenvalue weighted by Crippen LogP contribution is -2.58. The van der Waals surface area contributed by atoms with Crippen LogP contribution in [0.1, 0.15) is 41.6 Å². The standard InChI is InChI=1S/C27H33Cl2N3O3/c1-35-24-9-5-4-6-19(24)12-13-30-26(33)25(20-7-2-3-8-20)31-14-16-32(17-15-31)27(34)22-11-10-21(28)18-23(22)29/h4-6,9-11,18,20,25H,2-3,7-8,12-17H2,1H3,(H,30,33). The van der Waals surface area contributed by atoms with Crippen molar-refractivity contribution < 1.29 is 14.3 Å². The van der Waals surface area contributed by atoms with E-state index in [0.717, 1.165) is 30.6 Å². The first-order valence-electron chi connectivity index (χ1n) is 12.4. The van der Waals surface area contributed by atoms with Crippen molar-refractivity contribution >= 4 is 35.0 Å². The Labute approximate surface area is 217 Å². The van der Waals surface area contributed by atoms with Gasteiger partial charge in [-0.3, -0.25) is 14.5 Å². The molecular formula is C27H33Cl2N3O3. The number of nitrogens with one attached hydrogen (secondary N) is 1. The number of hydrogen-bond acceptors (Lipinski definition) is 4. The third-order valence-corrected chi connectivity index (χ3v) is 7.71. The summed E-state index contributed by atoms with van der Waals surface area (Å²) in [6, 6.07) is 12.7. The molecule has 1 N–H and O–H groups in total. The summed E-state index contributed by atoms with van der Waals surface area (Å²) in [5, 5.41) is 4.05. The Hall–Kier alpha value is -2.28. The predicted octanol–water partition coefficient (Wildman–Crippen LogP) is 4.68. The highest BCUT2D eigenvalue weighted by molar-refractivity contribution is 6.36. The first kappa shape index (κ1) is 25.8. The largest absolute Gasteiger partial charge is 0.496 e. The van der Waals surface area contributed by atoms with Gasteiger partial charge in [0.2, 0.25) is 5.91 Å². The zero-order chi connectivity index (χ0) is 24.8. The van der Waals surface area contributed by atoms with E-state index in [1.807, 2.05) is 29.2 Å². The third-order valence-electron chi connectivity index (χ3n) is 7.16. The first-order valence-corrected chi connectivity index (χ1v) is 13.1. The van der Waals surface area contributed by atoms with Gasteiger partial charge in [-0.1, -0.05) is 54.2 Å². The van der Waals surface area contributed by atoms with Crippen LogP contribution < -0.4 is 10.1 Å². The van der Waals surface area contributed by atoms with Gasteiger partial charge in [0.25, 0.3) is 5.91 Å². The summed E-state index contributed by atoms with van der Waals surface area (Å²) in [7, 11) is 1.67. The van der Waals surface area contributed by atoms with E-state index in [-0.39, 0.29) is 17.9 Å². The zero-order valence-electron chi connectivity index (χ0n) is 20.1. The molecule has 1 heterocycles. The Balaban J connectivity index is 1.37. The number of halogens is 2. The van der Waals surface area contributed by atoms with E-state index in [9.17, 15) is 9.59 Å². The van der Waals surface area contributed by atoms with Crippen LogP contribution in [-0.2, 0) is 11.2 Å². The molecule has 1 unspecified atom stereocenters. The molecule has 1 saturated heterocycles. The average molecular weight is 518 g/mol. The summed E-state index contributed by atoms with van der Waals surface area (Å²) in [4.78, 5) is 30.5. The average Bonchev–Trinajstić information content (AvgIpc) is 3.39. The molecule has 1 saturated carbocycles. The molecule has 2 aromatic carbocycles. The van der Waals surface area contributed by atoms with E-state index in [1.165, 1.54) is 12.8 Å². The molecule has 1 atom stereocenters. The molecular weight excluding hydrogens is 485 g/mol. The summed E-state index contributed by atoms with van der Waals surface area (Å²) < 4.78 is 5.43. The second-order valence-electron chi connectivity index (χ2n) is 9.29. The molecule has 2 aromatic rings. The second kappa shape index (κ2) is 12.1. The van der Waals surface area contributed by atoms with Crippen LogP contribution in [0.2, 0.25) is 10.0 Å². The van der Waals surface area contributed by atoms with Crippen molar-refractivity contribution in [3.63, 3.8) is 0 Å². The van der Waals surface area contributed by atoms with Gasteiger partial charge in [-0.15, -0.1) is 0 Å². The van der Waals surface area contributed by atoms with Crippen molar-refractivity contribution in [3.8, 4) is 5.75 Å². The van der Waals surface area contributed by atoms with Crippen molar-refractivity contribution in [3.05, 3.63) is 63.6 Å². The Kier molecular flexibility index (Phi) is 8.93. The number of carbonyl (C=O) groups is 2. The van der Waals surface area contributed by atoms with E-state index in [0.29, 0.717) is 54.3 Å². The molecule has 8 heteroatoms. The van der Waals surface area contributed by atoms with E-state index < -0.39 is 0 Å². The fraction of sp³-hybridized carbons (Fsp3) is 0.481. The minimum absolute atomic E-state index is 0.0901. The number of ether oxygens (including phenoxy) is 1. The Bertz CT molecular complexity index is 1030. The molecule has 1 aliphatic carbocycles. The normalized spacial score (nSPS) is 17.9. The number of piperazine rings is 1. The monoisotopic (exact) mass is 517 g/mol. The molecule has 0 radical (unpaired) electrons. The van der Waals surface area contributed by atoms with Crippen LogP contribution in [0.15, 0.2) is 42.5 Å². The van der Waals surface area contributed by atoms with Crippen LogP contribution >= 0.6 is 23.2 Å². The fourth-order valence-corrected chi connectivity index (χ4v) is 5.81. The van der Waals surface area contributed by atoms with Crippen molar-refractivity contribution in [1.29, 1.82) is 0 Å². The fourth-order valence-electron chi connectivity index (χ4n) is 5.32. The zero-order valence-corrected chi connectivity index (χ0v) is 21.7. The molecule has 6 nitrogen and oxygen atoms in total. The molecule has 4 rings (SSSR count). The van der Waals surface area contributed by atoms with Crippen LogP contribution in [0.25, 0.3) is 0 Å². The number of benzene rings is 2. The topological polar surface area (TPSA) is 61.9 Å². The molecule has 188 valence electrons. The highest BCUT2D eigenvalue weighted by Crippen LogP contribution is 2.31. The van der Waals surface area contributed by atoms with E-state index in [4.69, 9.17) is 27.9 Å². The number of methoxy groups -OCH3 is 1. The molecule has 35 heavy (non-hydrogen) atoms. The maximum Gasteiger partial charge on any atom is 0.255 e. The number of nitrogens with zero attached hydrogens (tertiary/aromatic N) is 2. The van der Waals surface area contributed by atoms with Gasteiger partial charge in [-0.25, -0.2) is 0 Å². The quantitative estimate of drug-likeness (QED) is 0.552. The second-order valence-corrected chi connectivity index (χ2v) is 10.1. The SMILES string of the molecule is COc1ccccc1CCNC(=O)C(C1CCCC1)N1CCN(C(=O)c2ccc(Cl)cc2Cl)CC1. The van der Waals surface area contributed by atoms with Gasteiger partial charge >= 0.3 is 0 Å². The highest BCUT2D eigenvalue weighted by atomic mass is 35.5. The third kappa shape index (κ3) is 6.29. The van der Waals surface area contributed by atoms with Crippen LogP contribution in [0.5, 0.6) is 5.75 Å². The van der Waals surface area contributed by atoms with Crippen molar-refractivity contribution in [1.82, 2.24) is 15.1 Å². The van der Waals surface area contributed by atoms with Gasteiger partial charge in [0, 0.05) is 37.7 Å². The summed E-state index contributed by atoms with van der Waals surface area (Å²) in [5.74, 6) is 1.20. The number of para-hydroxylation sites is 1. The van der Waals surface area contributed by atoms with Gasteiger partial charge in [-0.2, -0.15) is 0 Å². The maximum absolute atomic E-state index is 13.4. The molecule has 0 bridgehead atoms. The number of hydrogen-bond donors (Lipinski definition) is 1. The van der Waals surface area contributed by atoms with Gasteiger partial charge < -0.3 is 15.0 Å². The Morgan fingerprint density at radius 3 is 2.46 bits per heavy atom. The van der Waals surface area contributed by atoms with Crippen molar-refractivity contribution in [2.45, 2.75) is 38.1 Å². The lowest BCUT2D eigenvalue weighted by molar-refractivity contribution is -0.129. The molecule has 1 aliphatic heterocycles. The minimum atomic E-state index is -0.161. The van der Waals surface area contributed by atoms with Gasteiger partial charge in [0.1, 0.15) is 5.75 Å². The Morgan fingerprint density at radius 2 is 1.77 bits per heavy atom. The molecule has 0 aromatic heterocycles. The number of amides is 2. The maximum atomic E-state index is 13.4. The molecule has 2 fully saturated rings. The number of rotatable bonds is 8. The van der Waals surface area contributed by atoms with Crippen LogP contribution in [0.4, 0.5) is 0 Å². The molecule has 2 aliphatic rings. The van der Waals surface area contributed by atoms with E-state index in [2.05, 4.69) is 10.2 Å². The lowest BCUT2D eigenvalue weighted by Gasteiger charge is -2.40. The van der Waals surface area contributed by atoms with Crippen LogP contribution in [0, 0.1) is 5.92 Å². The van der Waals surface area contributed by atoms with Gasteiger partial charge in [-0.05, 0) is 55.0 Å². The van der Waals surface area contributed by atoms with E-state index >= 15 is 0 Å². The molecule has 2 amide bonds. The van der Waals surface area contributed by atoms with Crippen molar-refractivity contribution in [2.24, 2.45) is 5.92 Å². The minimum Gasteiger partial charge on any atom is -0.496 e. The Morgan fingerprint density at radius 1 is 1.06 bits per heavy atom. The summed E-state index contributed by atoms with van der Waals surface area (Å²) in [6.45, 7) is 3.02. The molecule has 0 spiro atoms. The highest BCUT2D eigenvalue weighted by Gasteiger charge is 2.37. The summed E-state index contributed by atoms with van der Waals surface area (Å²) >= 11 is 12.2. The first-order chi connectivity index (χ1) is 17.0. The smallest absolute Gasteiger partial charge is 0.255 e. The van der Waals surface area contributed by atoms with Crippen LogP contribution in [0.3, 0.4) is 0 Å². The van der Waals surface area contributed by atoms with Crippen LogP contribution in [-0.4, -0.2) is 67.5 Å². The van der Waals surface area contributed by atoms with Crippen molar-refractivity contribution in [2.75, 3.05) is 39.8 Å².